The first-order valence-electron chi connectivity index (χ1n) is 6.84. The summed E-state index contributed by atoms with van der Waals surface area (Å²) >= 11 is 2.16. The molecule has 7 nitrogen and oxygen atoms in total. The third-order valence-corrected chi connectivity index (χ3v) is 4.82. The van der Waals surface area contributed by atoms with E-state index in [2.05, 4.69) is 37.7 Å². The number of anilines is 1. The molecule has 0 amide bonds. The number of carbonyl (C=O) groups excluding carboxylic acids is 1. The minimum atomic E-state index is -0.109. The van der Waals surface area contributed by atoms with Crippen LogP contribution >= 0.6 is 22.6 Å². The van der Waals surface area contributed by atoms with Crippen molar-refractivity contribution in [2.75, 3.05) is 12.8 Å². The minimum Gasteiger partial charge on any atom is -0.469 e. The van der Waals surface area contributed by atoms with Gasteiger partial charge < -0.3 is 10.5 Å². The molecule has 1 fully saturated rings. The maximum atomic E-state index is 11.6. The van der Waals surface area contributed by atoms with Gasteiger partial charge in [0.2, 0.25) is 0 Å². The number of hydrogen-bond acceptors (Lipinski definition) is 6. The number of halogens is 1. The Balaban J connectivity index is 1.86. The summed E-state index contributed by atoms with van der Waals surface area (Å²) in [5, 5.41) is 4.27. The Kier molecular flexibility index (Phi) is 3.96. The van der Waals surface area contributed by atoms with Crippen LogP contribution in [0.2, 0.25) is 0 Å². The zero-order chi connectivity index (χ0) is 15.0. The number of esters is 1. The van der Waals surface area contributed by atoms with Crippen molar-refractivity contribution < 1.29 is 9.53 Å². The average Bonchev–Trinajstić information content (AvgIpc) is 2.85. The number of nitrogen functional groups attached to an aromatic ring is 1. The monoisotopic (exact) mass is 401 g/mol. The van der Waals surface area contributed by atoms with Crippen molar-refractivity contribution in [3.05, 3.63) is 15.9 Å². The number of nitrogens with zero attached hydrogens (tertiary/aromatic N) is 4. The molecule has 0 radical (unpaired) electrons. The first-order valence-corrected chi connectivity index (χ1v) is 7.92. The fourth-order valence-electron chi connectivity index (χ4n) is 2.95. The largest absolute Gasteiger partial charge is 0.469 e. The molecule has 112 valence electrons. The van der Waals surface area contributed by atoms with Gasteiger partial charge in [-0.3, -0.25) is 4.79 Å². The normalized spacial score (nSPS) is 22.4. The van der Waals surface area contributed by atoms with Crippen molar-refractivity contribution >= 4 is 39.9 Å². The SMILES string of the molecule is COC(=O)C1CCC(c2nc(I)c3c(N)ncnn23)CC1. The van der Waals surface area contributed by atoms with Crippen LogP contribution in [-0.4, -0.2) is 32.7 Å². The van der Waals surface area contributed by atoms with Gasteiger partial charge in [-0.1, -0.05) is 0 Å². The topological polar surface area (TPSA) is 95.4 Å². The second-order valence-corrected chi connectivity index (χ2v) is 6.26. The van der Waals surface area contributed by atoms with Gasteiger partial charge in [-0.2, -0.15) is 5.10 Å². The standard InChI is InChI=1S/C13H16IN5O2/c1-21-13(20)8-4-2-7(3-5-8)12-18-10(14)9-11(15)16-6-17-19(9)12/h6-8H,2-5H2,1H3,(H2,15,16,17). The van der Waals surface area contributed by atoms with E-state index >= 15 is 0 Å². The lowest BCUT2D eigenvalue weighted by Gasteiger charge is -2.25. The quantitative estimate of drug-likeness (QED) is 0.609. The Bertz CT molecular complexity index is 678. The second-order valence-electron chi connectivity index (χ2n) is 5.24. The lowest BCUT2D eigenvalue weighted by atomic mass is 9.81. The highest BCUT2D eigenvalue weighted by atomic mass is 127. The van der Waals surface area contributed by atoms with E-state index in [9.17, 15) is 4.79 Å². The number of rotatable bonds is 2. The summed E-state index contributed by atoms with van der Waals surface area (Å²) in [6.07, 6.45) is 4.90. The van der Waals surface area contributed by atoms with Crippen molar-refractivity contribution in [3.8, 4) is 0 Å². The first kappa shape index (κ1) is 14.5. The predicted octanol–water partition coefficient (Wildman–Crippen LogP) is 1.76. The van der Waals surface area contributed by atoms with Gasteiger partial charge in [0.1, 0.15) is 21.4 Å². The number of carbonyl (C=O) groups is 1. The van der Waals surface area contributed by atoms with E-state index in [-0.39, 0.29) is 17.8 Å². The fourth-order valence-corrected chi connectivity index (χ4v) is 3.70. The third-order valence-electron chi connectivity index (χ3n) is 4.07. The maximum absolute atomic E-state index is 11.6. The third kappa shape index (κ3) is 2.56. The number of ether oxygens (including phenoxy) is 1. The van der Waals surface area contributed by atoms with E-state index in [1.54, 1.807) is 4.52 Å². The zero-order valence-corrected chi connectivity index (χ0v) is 13.8. The Hall–Kier alpha value is -1.45. The van der Waals surface area contributed by atoms with Crippen LogP contribution in [0.5, 0.6) is 0 Å². The van der Waals surface area contributed by atoms with Crippen molar-refractivity contribution in [1.29, 1.82) is 0 Å². The fraction of sp³-hybridized carbons (Fsp3) is 0.538. The molecule has 0 atom stereocenters. The van der Waals surface area contributed by atoms with Crippen LogP contribution in [0.3, 0.4) is 0 Å². The lowest BCUT2D eigenvalue weighted by Crippen LogP contribution is -2.23. The van der Waals surface area contributed by atoms with Gasteiger partial charge >= 0.3 is 5.97 Å². The van der Waals surface area contributed by atoms with Crippen LogP contribution in [-0.2, 0) is 9.53 Å². The highest BCUT2D eigenvalue weighted by Gasteiger charge is 2.30. The molecule has 0 saturated heterocycles. The van der Waals surface area contributed by atoms with Gasteiger partial charge in [0.05, 0.1) is 13.0 Å². The van der Waals surface area contributed by atoms with E-state index in [0.29, 0.717) is 5.82 Å². The van der Waals surface area contributed by atoms with Crippen molar-refractivity contribution in [2.45, 2.75) is 31.6 Å². The van der Waals surface area contributed by atoms with Crippen LogP contribution in [0, 0.1) is 9.62 Å². The molecule has 0 bridgehead atoms. The van der Waals surface area contributed by atoms with Gasteiger partial charge in [0, 0.05) is 5.92 Å². The van der Waals surface area contributed by atoms with Crippen molar-refractivity contribution in [3.63, 3.8) is 0 Å². The Morgan fingerprint density at radius 3 is 2.81 bits per heavy atom. The van der Waals surface area contributed by atoms with Crippen LogP contribution in [0.25, 0.3) is 5.52 Å². The summed E-state index contributed by atoms with van der Waals surface area (Å²) in [7, 11) is 1.44. The molecule has 0 aromatic carbocycles. The maximum Gasteiger partial charge on any atom is 0.308 e. The van der Waals surface area contributed by atoms with E-state index < -0.39 is 0 Å². The summed E-state index contributed by atoms with van der Waals surface area (Å²) in [6, 6.07) is 0. The Morgan fingerprint density at radius 1 is 1.43 bits per heavy atom. The smallest absolute Gasteiger partial charge is 0.308 e. The molecule has 0 unspecified atom stereocenters. The molecular weight excluding hydrogens is 385 g/mol. The first-order chi connectivity index (χ1) is 10.1. The molecule has 1 saturated carbocycles. The van der Waals surface area contributed by atoms with Crippen LogP contribution in [0.4, 0.5) is 5.82 Å². The summed E-state index contributed by atoms with van der Waals surface area (Å²) in [5.74, 6) is 1.54. The Morgan fingerprint density at radius 2 is 2.14 bits per heavy atom. The number of methoxy groups -OCH3 is 1. The molecule has 2 aromatic rings. The number of imidazole rings is 1. The average molecular weight is 401 g/mol. The number of nitrogens with two attached hydrogens (primary N) is 1. The Labute approximate surface area is 135 Å². The van der Waals surface area contributed by atoms with Gasteiger partial charge in [0.25, 0.3) is 0 Å². The van der Waals surface area contributed by atoms with Crippen LogP contribution < -0.4 is 5.73 Å². The molecule has 1 aliphatic rings. The van der Waals surface area contributed by atoms with E-state index in [0.717, 1.165) is 40.7 Å². The molecule has 0 aliphatic heterocycles. The highest BCUT2D eigenvalue weighted by Crippen LogP contribution is 2.36. The molecule has 8 heteroatoms. The summed E-state index contributed by atoms with van der Waals surface area (Å²) in [4.78, 5) is 20.2. The van der Waals surface area contributed by atoms with E-state index in [4.69, 9.17) is 10.5 Å². The molecule has 0 spiro atoms. The molecule has 2 heterocycles. The molecule has 2 N–H and O–H groups in total. The summed E-state index contributed by atoms with van der Waals surface area (Å²) in [6.45, 7) is 0. The van der Waals surface area contributed by atoms with Crippen molar-refractivity contribution in [1.82, 2.24) is 19.6 Å². The zero-order valence-electron chi connectivity index (χ0n) is 11.6. The van der Waals surface area contributed by atoms with Gasteiger partial charge in [-0.05, 0) is 48.3 Å². The molecule has 2 aromatic heterocycles. The molecule has 1 aliphatic carbocycles. The van der Waals surface area contributed by atoms with E-state index in [1.165, 1.54) is 13.4 Å². The lowest BCUT2D eigenvalue weighted by molar-refractivity contribution is -0.146. The predicted molar refractivity (Wildman–Crippen MR) is 84.6 cm³/mol. The highest BCUT2D eigenvalue weighted by molar-refractivity contribution is 14.1. The van der Waals surface area contributed by atoms with Crippen molar-refractivity contribution in [2.24, 2.45) is 5.92 Å². The number of aromatic nitrogens is 4. The number of hydrogen-bond donors (Lipinski definition) is 1. The second kappa shape index (κ2) is 5.74. The minimum absolute atomic E-state index is 0.0104. The molecule has 3 rings (SSSR count). The van der Waals surface area contributed by atoms with Crippen LogP contribution in [0.1, 0.15) is 37.4 Å². The van der Waals surface area contributed by atoms with Gasteiger partial charge in [0.15, 0.2) is 5.82 Å². The number of fused-ring (bicyclic) bond motifs is 1. The van der Waals surface area contributed by atoms with E-state index in [1.807, 2.05) is 0 Å². The molecule has 21 heavy (non-hydrogen) atoms. The summed E-state index contributed by atoms with van der Waals surface area (Å²) in [5.41, 5.74) is 6.67. The van der Waals surface area contributed by atoms with Gasteiger partial charge in [-0.25, -0.2) is 14.5 Å². The van der Waals surface area contributed by atoms with Crippen LogP contribution in [0.15, 0.2) is 6.33 Å². The van der Waals surface area contributed by atoms with Gasteiger partial charge in [-0.15, -0.1) is 0 Å². The summed E-state index contributed by atoms with van der Waals surface area (Å²) < 4.78 is 7.42. The molecular formula is C13H16IN5O2.